The summed E-state index contributed by atoms with van der Waals surface area (Å²) >= 11 is 0. The summed E-state index contributed by atoms with van der Waals surface area (Å²) in [6.45, 7) is 7.58. The van der Waals surface area contributed by atoms with Crippen molar-refractivity contribution in [2.24, 2.45) is 0 Å². The molecule has 9 nitrogen and oxygen atoms in total. The molecule has 2 aromatic rings. The number of fused-ring (bicyclic) bond motifs is 1. The van der Waals surface area contributed by atoms with Gasteiger partial charge in [0.25, 0.3) is 11.7 Å². The molecule has 0 radical (unpaired) electrons. The standard InChI is InChI=1S/C28H32N2O7/c1-2-35-21-7-4-19(5-8-21)25-24(26(31)20-6-9-22-23(18-20)37-17-16-36-22)27(32)28(33)30(25)11-3-10-29-12-14-34-15-13-29/h4-9,18,25,31H,2-3,10-17H2,1H3/b26-24+/t25-/m1/s1. The van der Waals surface area contributed by atoms with Gasteiger partial charge in [-0.05, 0) is 49.2 Å². The Morgan fingerprint density at radius 1 is 0.973 bits per heavy atom. The molecule has 1 amide bonds. The van der Waals surface area contributed by atoms with Crippen LogP contribution >= 0.6 is 0 Å². The molecule has 2 aromatic carbocycles. The van der Waals surface area contributed by atoms with Crippen molar-refractivity contribution in [1.29, 1.82) is 0 Å². The lowest BCUT2D eigenvalue weighted by Crippen LogP contribution is -2.38. The number of aliphatic hydroxyl groups is 1. The van der Waals surface area contributed by atoms with Gasteiger partial charge in [-0.3, -0.25) is 14.5 Å². The molecule has 2 fully saturated rings. The van der Waals surface area contributed by atoms with Gasteiger partial charge < -0.3 is 29.0 Å². The van der Waals surface area contributed by atoms with Gasteiger partial charge in [-0.1, -0.05) is 12.1 Å². The van der Waals surface area contributed by atoms with Crippen LogP contribution in [0.3, 0.4) is 0 Å². The molecule has 3 aliphatic rings. The summed E-state index contributed by atoms with van der Waals surface area (Å²) in [7, 11) is 0. The molecule has 0 aromatic heterocycles. The van der Waals surface area contributed by atoms with Gasteiger partial charge in [0.05, 0.1) is 31.4 Å². The zero-order valence-corrected chi connectivity index (χ0v) is 21.0. The molecule has 0 saturated carbocycles. The lowest BCUT2D eigenvalue weighted by atomic mass is 9.95. The first-order chi connectivity index (χ1) is 18.1. The molecule has 0 aliphatic carbocycles. The van der Waals surface area contributed by atoms with Crippen molar-refractivity contribution in [3.8, 4) is 17.2 Å². The van der Waals surface area contributed by atoms with E-state index in [0.717, 1.165) is 25.2 Å². The number of benzene rings is 2. The number of hydrogen-bond donors (Lipinski definition) is 1. The van der Waals surface area contributed by atoms with Crippen LogP contribution in [-0.2, 0) is 14.3 Å². The third kappa shape index (κ3) is 5.28. The van der Waals surface area contributed by atoms with E-state index < -0.39 is 17.7 Å². The second-order valence-electron chi connectivity index (χ2n) is 9.16. The lowest BCUT2D eigenvalue weighted by molar-refractivity contribution is -0.140. The fourth-order valence-electron chi connectivity index (χ4n) is 5.01. The van der Waals surface area contributed by atoms with E-state index in [4.69, 9.17) is 18.9 Å². The molecule has 0 bridgehead atoms. The molecule has 196 valence electrons. The van der Waals surface area contributed by atoms with Gasteiger partial charge in [0.1, 0.15) is 24.7 Å². The number of hydrogen-bond acceptors (Lipinski definition) is 8. The Balaban J connectivity index is 1.48. The number of nitrogens with zero attached hydrogens (tertiary/aromatic N) is 2. The number of Topliss-reactive ketones (excluding diaryl/α,β-unsaturated/α-hetero) is 1. The number of rotatable bonds is 8. The first-order valence-corrected chi connectivity index (χ1v) is 12.8. The normalized spacial score (nSPS) is 21.3. The first kappa shape index (κ1) is 25.1. The van der Waals surface area contributed by atoms with Crippen LogP contribution in [0.1, 0.15) is 30.5 Å². The molecular weight excluding hydrogens is 476 g/mol. The number of ether oxygens (including phenoxy) is 4. The van der Waals surface area contributed by atoms with Crippen molar-refractivity contribution in [1.82, 2.24) is 9.80 Å². The highest BCUT2D eigenvalue weighted by Gasteiger charge is 2.46. The number of amides is 1. The van der Waals surface area contributed by atoms with E-state index in [9.17, 15) is 14.7 Å². The van der Waals surface area contributed by atoms with E-state index in [1.54, 1.807) is 23.1 Å². The zero-order valence-electron chi connectivity index (χ0n) is 21.0. The van der Waals surface area contributed by atoms with Crippen molar-refractivity contribution in [3.63, 3.8) is 0 Å². The van der Waals surface area contributed by atoms with Crippen molar-refractivity contribution < 1.29 is 33.6 Å². The predicted molar refractivity (Wildman–Crippen MR) is 136 cm³/mol. The second kappa shape index (κ2) is 11.2. The molecule has 1 N–H and O–H groups in total. The van der Waals surface area contributed by atoms with E-state index in [-0.39, 0.29) is 11.3 Å². The molecule has 2 saturated heterocycles. The molecule has 37 heavy (non-hydrogen) atoms. The molecule has 0 spiro atoms. The lowest BCUT2D eigenvalue weighted by Gasteiger charge is -2.29. The highest BCUT2D eigenvalue weighted by Crippen LogP contribution is 2.41. The summed E-state index contributed by atoms with van der Waals surface area (Å²) in [5, 5.41) is 11.4. The van der Waals surface area contributed by atoms with Crippen molar-refractivity contribution in [3.05, 3.63) is 59.2 Å². The average molecular weight is 509 g/mol. The highest BCUT2D eigenvalue weighted by atomic mass is 16.6. The van der Waals surface area contributed by atoms with E-state index in [1.807, 2.05) is 31.2 Å². The minimum absolute atomic E-state index is 0.0669. The Kier molecular flexibility index (Phi) is 7.62. The predicted octanol–water partition coefficient (Wildman–Crippen LogP) is 3.00. The van der Waals surface area contributed by atoms with E-state index in [2.05, 4.69) is 4.90 Å². The molecular formula is C28H32N2O7. The zero-order chi connectivity index (χ0) is 25.8. The van der Waals surface area contributed by atoms with Crippen LogP contribution in [0.5, 0.6) is 17.2 Å². The summed E-state index contributed by atoms with van der Waals surface area (Å²) in [6.07, 6.45) is 0.699. The Morgan fingerprint density at radius 3 is 2.43 bits per heavy atom. The fraction of sp³-hybridized carbons (Fsp3) is 0.429. The van der Waals surface area contributed by atoms with Crippen LogP contribution in [0, 0.1) is 0 Å². The van der Waals surface area contributed by atoms with Gasteiger partial charge in [-0.25, -0.2) is 0 Å². The van der Waals surface area contributed by atoms with Gasteiger partial charge >= 0.3 is 0 Å². The van der Waals surface area contributed by atoms with Crippen LogP contribution < -0.4 is 14.2 Å². The minimum atomic E-state index is -0.714. The van der Waals surface area contributed by atoms with E-state index in [0.29, 0.717) is 68.8 Å². The number of morpholine rings is 1. The van der Waals surface area contributed by atoms with Crippen molar-refractivity contribution >= 4 is 17.4 Å². The SMILES string of the molecule is CCOc1ccc([C@@H]2/C(=C(\O)c3ccc4c(c3)OCCO4)C(=O)C(=O)N2CCCN2CCOCC2)cc1. The molecule has 3 heterocycles. The Hall–Kier alpha value is -3.56. The van der Waals surface area contributed by atoms with Gasteiger partial charge in [-0.2, -0.15) is 0 Å². The van der Waals surface area contributed by atoms with Gasteiger partial charge in [0.2, 0.25) is 0 Å². The minimum Gasteiger partial charge on any atom is -0.507 e. The topological polar surface area (TPSA) is 97.8 Å². The molecule has 0 unspecified atom stereocenters. The summed E-state index contributed by atoms with van der Waals surface area (Å²) in [4.78, 5) is 30.4. The number of carbonyl (C=O) groups is 2. The summed E-state index contributed by atoms with van der Waals surface area (Å²) in [5.41, 5.74) is 1.19. The molecule has 3 aliphatic heterocycles. The van der Waals surface area contributed by atoms with E-state index >= 15 is 0 Å². The Labute approximate surface area is 216 Å². The van der Waals surface area contributed by atoms with Crippen LogP contribution in [0.4, 0.5) is 0 Å². The van der Waals surface area contributed by atoms with Crippen LogP contribution in [0.2, 0.25) is 0 Å². The van der Waals surface area contributed by atoms with Crippen LogP contribution in [0.15, 0.2) is 48.0 Å². The third-order valence-corrected chi connectivity index (χ3v) is 6.84. The first-order valence-electron chi connectivity index (χ1n) is 12.8. The number of carbonyl (C=O) groups excluding carboxylic acids is 2. The second-order valence-corrected chi connectivity index (χ2v) is 9.16. The maximum Gasteiger partial charge on any atom is 0.295 e. The van der Waals surface area contributed by atoms with Gasteiger partial charge in [0, 0.05) is 31.7 Å². The molecule has 9 heteroatoms. The fourth-order valence-corrected chi connectivity index (χ4v) is 5.01. The van der Waals surface area contributed by atoms with Gasteiger partial charge in [-0.15, -0.1) is 0 Å². The summed E-state index contributed by atoms with van der Waals surface area (Å²) in [6, 6.07) is 11.6. The Morgan fingerprint density at radius 2 is 1.70 bits per heavy atom. The number of likely N-dealkylation sites (tertiary alicyclic amines) is 1. The van der Waals surface area contributed by atoms with Crippen molar-refractivity contribution in [2.75, 3.05) is 59.2 Å². The molecule has 5 rings (SSSR count). The van der Waals surface area contributed by atoms with Crippen LogP contribution in [0.25, 0.3) is 5.76 Å². The monoisotopic (exact) mass is 508 g/mol. The largest absolute Gasteiger partial charge is 0.507 e. The third-order valence-electron chi connectivity index (χ3n) is 6.84. The smallest absolute Gasteiger partial charge is 0.295 e. The quantitative estimate of drug-likeness (QED) is 0.330. The maximum atomic E-state index is 13.3. The number of ketones is 1. The number of aliphatic hydroxyl groups excluding tert-OH is 1. The van der Waals surface area contributed by atoms with Crippen LogP contribution in [-0.4, -0.2) is 85.8 Å². The Bertz CT molecular complexity index is 1170. The summed E-state index contributed by atoms with van der Waals surface area (Å²) < 4.78 is 22.2. The van der Waals surface area contributed by atoms with Gasteiger partial charge in [0.15, 0.2) is 11.5 Å². The van der Waals surface area contributed by atoms with E-state index in [1.165, 1.54) is 0 Å². The molecule has 1 atom stereocenters. The average Bonchev–Trinajstić information content (AvgIpc) is 3.18. The highest BCUT2D eigenvalue weighted by molar-refractivity contribution is 6.46. The van der Waals surface area contributed by atoms with Crippen molar-refractivity contribution in [2.45, 2.75) is 19.4 Å². The maximum absolute atomic E-state index is 13.3. The summed E-state index contributed by atoms with van der Waals surface area (Å²) in [5.74, 6) is 0.229.